The molecule has 0 aliphatic carbocycles. The summed E-state index contributed by atoms with van der Waals surface area (Å²) in [5.74, 6) is -0.602. The van der Waals surface area contributed by atoms with Gasteiger partial charge < -0.3 is 4.90 Å². The molecule has 0 saturated carbocycles. The number of halogens is 1. The number of hydrogen-bond acceptors (Lipinski definition) is 3. The Hall–Kier alpha value is -1.51. The number of hydrogen-bond donors (Lipinski definition) is 1. The molecule has 0 unspecified atom stereocenters. The number of benzene rings is 1. The van der Waals surface area contributed by atoms with Gasteiger partial charge in [-0.2, -0.15) is 17.4 Å². The van der Waals surface area contributed by atoms with Gasteiger partial charge in [0.05, 0.1) is 0 Å². The van der Waals surface area contributed by atoms with Gasteiger partial charge in [-0.25, -0.2) is 4.39 Å². The summed E-state index contributed by atoms with van der Waals surface area (Å²) in [6.45, 7) is 4.76. The van der Waals surface area contributed by atoms with E-state index in [0.29, 0.717) is 25.1 Å². The van der Waals surface area contributed by atoms with E-state index in [1.165, 1.54) is 31.3 Å². The van der Waals surface area contributed by atoms with Crippen LogP contribution < -0.4 is 4.72 Å². The highest BCUT2D eigenvalue weighted by Gasteiger charge is 2.41. The third-order valence-corrected chi connectivity index (χ3v) is 5.80. The standard InChI is InChI=1S/C15H22FN3O3S/c1-4-19(5-2)15(20)14-10-13(17-23(21,22)18(14)3)11-6-8-12(16)9-7-11/h6-9,13-14,17H,4-5,10H2,1-3H3/t13-,14+/m1/s1. The zero-order valence-corrected chi connectivity index (χ0v) is 14.3. The molecule has 1 aromatic rings. The molecule has 2 atom stereocenters. The Morgan fingerprint density at radius 2 is 1.87 bits per heavy atom. The molecule has 1 heterocycles. The van der Waals surface area contributed by atoms with Gasteiger partial charge in [-0.1, -0.05) is 12.1 Å². The van der Waals surface area contributed by atoms with E-state index in [-0.39, 0.29) is 11.7 Å². The second kappa shape index (κ2) is 6.94. The molecule has 1 N–H and O–H groups in total. The van der Waals surface area contributed by atoms with Gasteiger partial charge in [0.2, 0.25) is 5.91 Å². The van der Waals surface area contributed by atoms with E-state index < -0.39 is 22.3 Å². The van der Waals surface area contributed by atoms with E-state index >= 15 is 0 Å². The lowest BCUT2D eigenvalue weighted by molar-refractivity contribution is -0.135. The molecule has 8 heteroatoms. The fraction of sp³-hybridized carbons (Fsp3) is 0.533. The first-order chi connectivity index (χ1) is 10.8. The molecule has 0 aromatic heterocycles. The molecule has 1 amide bonds. The molecule has 1 saturated heterocycles. The second-order valence-corrected chi connectivity index (χ2v) is 7.27. The molecule has 0 spiro atoms. The summed E-state index contributed by atoms with van der Waals surface area (Å²) >= 11 is 0. The van der Waals surface area contributed by atoms with Crippen LogP contribution in [-0.4, -0.2) is 49.7 Å². The minimum Gasteiger partial charge on any atom is -0.342 e. The van der Waals surface area contributed by atoms with Crippen molar-refractivity contribution in [1.29, 1.82) is 0 Å². The van der Waals surface area contributed by atoms with Gasteiger partial charge in [-0.05, 0) is 38.0 Å². The molecule has 1 aliphatic rings. The number of nitrogens with one attached hydrogen (secondary N) is 1. The number of rotatable bonds is 4. The Morgan fingerprint density at radius 3 is 2.39 bits per heavy atom. The Labute approximate surface area is 136 Å². The highest BCUT2D eigenvalue weighted by atomic mass is 32.2. The Morgan fingerprint density at radius 1 is 1.30 bits per heavy atom. The molecule has 2 rings (SSSR count). The van der Waals surface area contributed by atoms with E-state index in [9.17, 15) is 17.6 Å². The molecule has 0 bridgehead atoms. The lowest BCUT2D eigenvalue weighted by Gasteiger charge is -2.38. The minimum atomic E-state index is -3.77. The Kier molecular flexibility index (Phi) is 5.38. The van der Waals surface area contributed by atoms with Crippen molar-refractivity contribution >= 4 is 16.1 Å². The maximum Gasteiger partial charge on any atom is 0.280 e. The van der Waals surface area contributed by atoms with E-state index in [1.807, 2.05) is 13.8 Å². The maximum absolute atomic E-state index is 13.1. The van der Waals surface area contributed by atoms with Crippen molar-refractivity contribution in [3.05, 3.63) is 35.6 Å². The van der Waals surface area contributed by atoms with Gasteiger partial charge in [0.25, 0.3) is 10.2 Å². The van der Waals surface area contributed by atoms with Crippen molar-refractivity contribution in [3.8, 4) is 0 Å². The zero-order valence-electron chi connectivity index (χ0n) is 13.5. The van der Waals surface area contributed by atoms with Crippen molar-refractivity contribution in [2.75, 3.05) is 20.1 Å². The SMILES string of the molecule is CCN(CC)C(=O)[C@@H]1C[C@H](c2ccc(F)cc2)NS(=O)(=O)N1C. The first-order valence-electron chi connectivity index (χ1n) is 7.59. The van der Waals surface area contributed by atoms with Gasteiger partial charge in [0.15, 0.2) is 0 Å². The molecule has 1 aliphatic heterocycles. The zero-order chi connectivity index (χ0) is 17.2. The van der Waals surface area contributed by atoms with Gasteiger partial charge in [0, 0.05) is 26.2 Å². The first kappa shape index (κ1) is 17.8. The molecular weight excluding hydrogens is 321 g/mol. The summed E-state index contributed by atoms with van der Waals surface area (Å²) < 4.78 is 41.3. The van der Waals surface area contributed by atoms with E-state index in [2.05, 4.69) is 4.72 Å². The van der Waals surface area contributed by atoms with Gasteiger partial charge in [-0.3, -0.25) is 4.79 Å². The van der Waals surface area contributed by atoms with Crippen LogP contribution in [0, 0.1) is 5.82 Å². The van der Waals surface area contributed by atoms with E-state index in [1.54, 1.807) is 4.90 Å². The molecule has 1 aromatic carbocycles. The summed E-state index contributed by atoms with van der Waals surface area (Å²) in [7, 11) is -2.37. The van der Waals surface area contributed by atoms with Crippen LogP contribution in [0.2, 0.25) is 0 Å². The van der Waals surface area contributed by atoms with Crippen LogP contribution in [0.4, 0.5) is 4.39 Å². The van der Waals surface area contributed by atoms with Crippen LogP contribution in [-0.2, 0) is 15.0 Å². The monoisotopic (exact) mass is 343 g/mol. The second-order valence-electron chi connectivity index (χ2n) is 5.51. The number of carbonyl (C=O) groups excluding carboxylic acids is 1. The summed E-state index contributed by atoms with van der Waals surface area (Å²) in [5, 5.41) is 0. The first-order valence-corrected chi connectivity index (χ1v) is 9.03. The van der Waals surface area contributed by atoms with Crippen molar-refractivity contribution in [3.63, 3.8) is 0 Å². The van der Waals surface area contributed by atoms with Crippen molar-refractivity contribution in [2.24, 2.45) is 0 Å². The van der Waals surface area contributed by atoms with Crippen LogP contribution in [0.5, 0.6) is 0 Å². The molecule has 1 fully saturated rings. The maximum atomic E-state index is 13.1. The van der Waals surface area contributed by atoms with Gasteiger partial charge in [-0.15, -0.1) is 0 Å². The highest BCUT2D eigenvalue weighted by molar-refractivity contribution is 7.87. The van der Waals surface area contributed by atoms with Gasteiger partial charge >= 0.3 is 0 Å². The Balaban J connectivity index is 2.32. The predicted molar refractivity (Wildman–Crippen MR) is 85.3 cm³/mol. The number of likely N-dealkylation sites (N-methyl/N-ethyl adjacent to an activating group) is 2. The lowest BCUT2D eigenvalue weighted by atomic mass is 9.99. The number of carbonyl (C=O) groups is 1. The van der Waals surface area contributed by atoms with Gasteiger partial charge in [0.1, 0.15) is 11.9 Å². The molecule has 128 valence electrons. The Bertz CT molecular complexity index is 659. The van der Waals surface area contributed by atoms with Crippen molar-refractivity contribution < 1.29 is 17.6 Å². The van der Waals surface area contributed by atoms with Crippen LogP contribution in [0.3, 0.4) is 0 Å². The van der Waals surface area contributed by atoms with Crippen LogP contribution in [0.1, 0.15) is 31.9 Å². The summed E-state index contributed by atoms with van der Waals surface area (Å²) in [5.41, 5.74) is 0.639. The minimum absolute atomic E-state index is 0.213. The summed E-state index contributed by atoms with van der Waals surface area (Å²) in [6.07, 6.45) is 0.302. The largest absolute Gasteiger partial charge is 0.342 e. The number of nitrogens with zero attached hydrogens (tertiary/aromatic N) is 2. The smallest absolute Gasteiger partial charge is 0.280 e. The third-order valence-electron chi connectivity index (χ3n) is 4.20. The van der Waals surface area contributed by atoms with Crippen molar-refractivity contribution in [1.82, 2.24) is 13.9 Å². The highest BCUT2D eigenvalue weighted by Crippen LogP contribution is 2.28. The molecule has 23 heavy (non-hydrogen) atoms. The van der Waals surface area contributed by atoms with Crippen molar-refractivity contribution in [2.45, 2.75) is 32.4 Å². The fourth-order valence-electron chi connectivity index (χ4n) is 2.75. The topological polar surface area (TPSA) is 69.7 Å². The summed E-state index contributed by atoms with van der Waals surface area (Å²) in [6, 6.07) is 4.31. The molecule has 6 nitrogen and oxygen atoms in total. The lowest BCUT2D eigenvalue weighted by Crippen LogP contribution is -2.57. The van der Waals surface area contributed by atoms with Crippen LogP contribution in [0.15, 0.2) is 24.3 Å². The number of amides is 1. The molecular formula is C15H22FN3O3S. The summed E-state index contributed by atoms with van der Waals surface area (Å²) in [4.78, 5) is 14.2. The van der Waals surface area contributed by atoms with E-state index in [4.69, 9.17) is 0 Å². The average molecular weight is 343 g/mol. The van der Waals surface area contributed by atoms with Crippen LogP contribution >= 0.6 is 0 Å². The van der Waals surface area contributed by atoms with Crippen LogP contribution in [0.25, 0.3) is 0 Å². The third kappa shape index (κ3) is 3.70. The fourth-order valence-corrected chi connectivity index (χ4v) is 4.02. The quantitative estimate of drug-likeness (QED) is 0.895. The normalized spacial score (nSPS) is 24.3. The average Bonchev–Trinajstić information content (AvgIpc) is 2.51. The van der Waals surface area contributed by atoms with E-state index in [0.717, 1.165) is 4.31 Å². The molecule has 0 radical (unpaired) electrons. The predicted octanol–water partition coefficient (Wildman–Crippen LogP) is 1.27.